The number of hydrogen-bond donors (Lipinski definition) is 0. The number of carbonyl (C=O) groups is 1. The summed E-state index contributed by atoms with van der Waals surface area (Å²) in [5, 5.41) is 11.7. The first kappa shape index (κ1) is 21.3. The van der Waals surface area contributed by atoms with Crippen molar-refractivity contribution >= 4 is 29.1 Å². The van der Waals surface area contributed by atoms with Crippen LogP contribution in [-0.2, 0) is 9.53 Å². The van der Waals surface area contributed by atoms with Crippen LogP contribution in [0.3, 0.4) is 0 Å². The summed E-state index contributed by atoms with van der Waals surface area (Å²) in [5.41, 5.74) is -0.147. The smallest absolute Gasteiger partial charge is 0.338 e. The number of carbonyl (C=O) groups excluding carboxylic acids is 1. The van der Waals surface area contributed by atoms with E-state index in [2.05, 4.69) is 4.99 Å². The van der Waals surface area contributed by atoms with Gasteiger partial charge in [0.05, 0.1) is 33.4 Å². The van der Waals surface area contributed by atoms with Crippen molar-refractivity contribution in [1.29, 1.82) is 0 Å². The Balaban J connectivity index is 2.05. The number of nitro benzene ring substituents is 1. The van der Waals surface area contributed by atoms with Gasteiger partial charge in [0.2, 0.25) is 0 Å². The normalized spacial score (nSPS) is 15.8. The molecule has 4 rings (SSSR count). The van der Waals surface area contributed by atoms with Gasteiger partial charge in [-0.15, -0.1) is 0 Å². The maximum Gasteiger partial charge on any atom is 0.338 e. The molecule has 1 aliphatic rings. The molecule has 0 saturated carbocycles. The maximum absolute atomic E-state index is 14.1. The number of ether oxygens (including phenoxy) is 1. The number of nitro groups is 1. The van der Waals surface area contributed by atoms with Crippen molar-refractivity contribution < 1.29 is 18.8 Å². The zero-order valence-electron chi connectivity index (χ0n) is 16.9. The van der Waals surface area contributed by atoms with E-state index in [0.717, 1.165) is 11.3 Å². The highest BCUT2D eigenvalue weighted by Crippen LogP contribution is 2.35. The molecule has 10 heteroatoms. The van der Waals surface area contributed by atoms with E-state index < -0.39 is 28.3 Å². The van der Waals surface area contributed by atoms with Gasteiger partial charge in [-0.05, 0) is 25.1 Å². The van der Waals surface area contributed by atoms with Gasteiger partial charge < -0.3 is 4.74 Å². The molecule has 1 aliphatic heterocycles. The summed E-state index contributed by atoms with van der Waals surface area (Å²) in [6, 6.07) is 10.7. The van der Waals surface area contributed by atoms with Gasteiger partial charge in [-0.3, -0.25) is 19.5 Å². The third-order valence-electron chi connectivity index (χ3n) is 5.05. The minimum Gasteiger partial charge on any atom is -0.466 e. The van der Waals surface area contributed by atoms with E-state index in [1.807, 2.05) is 0 Å². The number of rotatable bonds is 4. The van der Waals surface area contributed by atoms with Crippen LogP contribution in [0.2, 0.25) is 0 Å². The fourth-order valence-electron chi connectivity index (χ4n) is 3.61. The molecular formula is C22H16FN3O5S. The molecule has 0 N–H and O–H groups in total. The molecule has 8 nitrogen and oxygen atoms in total. The van der Waals surface area contributed by atoms with E-state index in [-0.39, 0.29) is 37.4 Å². The van der Waals surface area contributed by atoms with Crippen molar-refractivity contribution in [3.05, 3.63) is 107 Å². The van der Waals surface area contributed by atoms with Gasteiger partial charge in [0.1, 0.15) is 11.9 Å². The maximum atomic E-state index is 14.1. The van der Waals surface area contributed by atoms with Gasteiger partial charge in [0, 0.05) is 11.6 Å². The van der Waals surface area contributed by atoms with E-state index in [1.54, 1.807) is 19.1 Å². The lowest BCUT2D eigenvalue weighted by molar-refractivity contribution is -0.385. The average Bonchev–Trinajstić information content (AvgIpc) is 3.08. The average molecular weight is 453 g/mol. The summed E-state index contributed by atoms with van der Waals surface area (Å²) in [6.45, 7) is 1.57. The first-order valence-corrected chi connectivity index (χ1v) is 10.2. The van der Waals surface area contributed by atoms with Crippen LogP contribution >= 0.6 is 11.3 Å². The first-order chi connectivity index (χ1) is 15.3. The lowest BCUT2D eigenvalue weighted by Gasteiger charge is -2.24. The minimum absolute atomic E-state index is 0.0200. The molecule has 32 heavy (non-hydrogen) atoms. The van der Waals surface area contributed by atoms with E-state index in [4.69, 9.17) is 4.74 Å². The van der Waals surface area contributed by atoms with Crippen LogP contribution in [0.25, 0.3) is 6.08 Å². The Morgan fingerprint density at radius 3 is 2.62 bits per heavy atom. The number of para-hydroxylation sites is 1. The Hall–Kier alpha value is -3.92. The van der Waals surface area contributed by atoms with Gasteiger partial charge >= 0.3 is 5.97 Å². The Bertz CT molecular complexity index is 1470. The van der Waals surface area contributed by atoms with Crippen LogP contribution in [-0.4, -0.2) is 22.6 Å². The molecule has 3 aromatic rings. The second-order valence-electron chi connectivity index (χ2n) is 6.91. The number of esters is 1. The van der Waals surface area contributed by atoms with Crippen LogP contribution in [0.1, 0.15) is 24.1 Å². The summed E-state index contributed by atoms with van der Waals surface area (Å²) in [5.74, 6) is -1.25. The number of allylic oxidation sites excluding steroid dienone is 1. The number of benzene rings is 2. The highest BCUT2D eigenvalue weighted by molar-refractivity contribution is 7.07. The van der Waals surface area contributed by atoms with Crippen molar-refractivity contribution in [3.8, 4) is 0 Å². The molecule has 0 saturated heterocycles. The van der Waals surface area contributed by atoms with E-state index >= 15 is 0 Å². The number of methoxy groups -OCH3 is 1. The third-order valence-corrected chi connectivity index (χ3v) is 6.03. The summed E-state index contributed by atoms with van der Waals surface area (Å²) in [4.78, 5) is 41.7. The minimum atomic E-state index is -1.12. The monoisotopic (exact) mass is 453 g/mol. The van der Waals surface area contributed by atoms with Crippen LogP contribution in [0, 0.1) is 15.9 Å². The van der Waals surface area contributed by atoms with Gasteiger partial charge in [-0.2, -0.15) is 0 Å². The first-order valence-electron chi connectivity index (χ1n) is 9.42. The van der Waals surface area contributed by atoms with E-state index in [9.17, 15) is 24.1 Å². The zero-order chi connectivity index (χ0) is 23.0. The molecule has 1 unspecified atom stereocenters. The second kappa shape index (κ2) is 8.31. The molecular weight excluding hydrogens is 437 g/mol. The van der Waals surface area contributed by atoms with Gasteiger partial charge in [-0.25, -0.2) is 14.2 Å². The molecule has 0 aliphatic carbocycles. The van der Waals surface area contributed by atoms with Crippen molar-refractivity contribution in [1.82, 2.24) is 4.57 Å². The number of fused-ring (bicyclic) bond motifs is 1. The number of nitrogens with zero attached hydrogens (tertiary/aromatic N) is 3. The molecule has 2 heterocycles. The Kier molecular flexibility index (Phi) is 5.54. The highest BCUT2D eigenvalue weighted by atomic mass is 32.1. The van der Waals surface area contributed by atoms with Crippen LogP contribution in [0.15, 0.2) is 69.6 Å². The van der Waals surface area contributed by atoms with Crippen LogP contribution in [0.5, 0.6) is 0 Å². The fraction of sp³-hybridized carbons (Fsp3) is 0.136. The van der Waals surface area contributed by atoms with E-state index in [1.165, 1.54) is 54.2 Å². The standard InChI is InChI=1S/C22H16FN3O5S/c1-12-18(21(28)31-2)19(14-8-4-6-10-16(14)26(29)30)25-20(27)17(32-22(25)24-12)11-13-7-3-5-9-15(13)23/h3-11,19H,1-2H3. The predicted molar refractivity (Wildman–Crippen MR) is 115 cm³/mol. The van der Waals surface area contributed by atoms with Gasteiger partial charge in [-0.1, -0.05) is 41.7 Å². The molecule has 162 valence electrons. The highest BCUT2D eigenvalue weighted by Gasteiger charge is 2.36. The number of aromatic nitrogens is 1. The number of thiazole rings is 1. The number of halogens is 1. The van der Waals surface area contributed by atoms with Gasteiger partial charge in [0.25, 0.3) is 11.2 Å². The Morgan fingerprint density at radius 1 is 1.25 bits per heavy atom. The topological polar surface area (TPSA) is 104 Å². The SMILES string of the molecule is COC(=O)C1=C(C)N=c2sc(=Cc3ccccc3F)c(=O)n2C1c1ccccc1[N+](=O)[O-]. The molecule has 0 fully saturated rings. The summed E-state index contributed by atoms with van der Waals surface area (Å²) in [6.07, 6.45) is 1.40. The lowest BCUT2D eigenvalue weighted by Crippen LogP contribution is -2.40. The lowest BCUT2D eigenvalue weighted by atomic mass is 9.94. The van der Waals surface area contributed by atoms with Crippen molar-refractivity contribution in [3.63, 3.8) is 0 Å². The Morgan fingerprint density at radius 2 is 1.94 bits per heavy atom. The molecule has 1 atom stereocenters. The van der Waals surface area contributed by atoms with Crippen molar-refractivity contribution in [2.24, 2.45) is 4.99 Å². The molecule has 0 amide bonds. The summed E-state index contributed by atoms with van der Waals surface area (Å²) in [7, 11) is 1.18. The zero-order valence-corrected chi connectivity index (χ0v) is 17.8. The molecule has 0 spiro atoms. The summed E-state index contributed by atoms with van der Waals surface area (Å²) < 4.78 is 20.4. The number of hydrogen-bond acceptors (Lipinski definition) is 7. The van der Waals surface area contributed by atoms with Crippen LogP contribution < -0.4 is 14.9 Å². The largest absolute Gasteiger partial charge is 0.466 e. The van der Waals surface area contributed by atoms with Gasteiger partial charge in [0.15, 0.2) is 4.80 Å². The van der Waals surface area contributed by atoms with Crippen LogP contribution in [0.4, 0.5) is 10.1 Å². The third kappa shape index (κ3) is 3.54. The quantitative estimate of drug-likeness (QED) is 0.343. The molecule has 2 aromatic carbocycles. The van der Waals surface area contributed by atoms with Crippen molar-refractivity contribution in [2.75, 3.05) is 7.11 Å². The predicted octanol–water partition coefficient (Wildman–Crippen LogP) is 2.46. The molecule has 0 bridgehead atoms. The molecule has 0 radical (unpaired) electrons. The van der Waals surface area contributed by atoms with E-state index in [0.29, 0.717) is 0 Å². The fourth-order valence-corrected chi connectivity index (χ4v) is 4.64. The second-order valence-corrected chi connectivity index (χ2v) is 7.92. The van der Waals surface area contributed by atoms with Crippen molar-refractivity contribution in [2.45, 2.75) is 13.0 Å². The Labute approximate surface area is 184 Å². The molecule has 1 aromatic heterocycles. The summed E-state index contributed by atoms with van der Waals surface area (Å²) >= 11 is 1.01.